The molecule has 3 rings (SSSR count). The molecule has 1 aromatic heterocycles. The molecular weight excluding hydrogens is 387 g/mol. The van der Waals surface area contributed by atoms with E-state index >= 15 is 0 Å². The molecule has 0 aliphatic carbocycles. The molecule has 1 fully saturated rings. The first kappa shape index (κ1) is 22.0. The highest BCUT2D eigenvalue weighted by molar-refractivity contribution is 5.80. The Morgan fingerprint density at radius 1 is 1.33 bits per heavy atom. The van der Waals surface area contributed by atoms with Crippen molar-refractivity contribution in [1.82, 2.24) is 15.2 Å². The fourth-order valence-corrected chi connectivity index (χ4v) is 3.34. The van der Waals surface area contributed by atoms with Gasteiger partial charge in [-0.15, -0.1) is 0 Å². The second kappa shape index (κ2) is 11.5. The van der Waals surface area contributed by atoms with Gasteiger partial charge in [-0.25, -0.2) is 4.39 Å². The Morgan fingerprint density at radius 3 is 2.97 bits per heavy atom. The van der Waals surface area contributed by atoms with E-state index in [-0.39, 0.29) is 5.75 Å². The van der Waals surface area contributed by atoms with Crippen LogP contribution in [-0.4, -0.2) is 62.9 Å². The molecule has 1 atom stereocenters. The molecule has 7 nitrogen and oxygen atoms in total. The Balaban J connectivity index is 1.48. The number of likely N-dealkylation sites (tertiary alicyclic amines) is 1. The van der Waals surface area contributed by atoms with Crippen molar-refractivity contribution in [3.8, 4) is 11.5 Å². The normalized spacial score (nSPS) is 16.7. The van der Waals surface area contributed by atoms with Gasteiger partial charge in [0.25, 0.3) is 0 Å². The summed E-state index contributed by atoms with van der Waals surface area (Å²) in [7, 11) is 3.43. The highest BCUT2D eigenvalue weighted by atomic mass is 19.1. The van der Waals surface area contributed by atoms with Gasteiger partial charge in [0.15, 0.2) is 17.5 Å². The van der Waals surface area contributed by atoms with Crippen molar-refractivity contribution in [3.63, 3.8) is 0 Å². The van der Waals surface area contributed by atoms with Crippen LogP contribution in [-0.2, 0) is 16.0 Å². The quantitative estimate of drug-likeness (QED) is 0.385. The van der Waals surface area contributed by atoms with Gasteiger partial charge in [0.2, 0.25) is 0 Å². The summed E-state index contributed by atoms with van der Waals surface area (Å²) in [4.78, 5) is 10.5. The maximum absolute atomic E-state index is 14.4. The van der Waals surface area contributed by atoms with Gasteiger partial charge >= 0.3 is 0 Å². The second-order valence-electron chi connectivity index (χ2n) is 7.12. The number of methoxy groups -OCH3 is 1. The summed E-state index contributed by atoms with van der Waals surface area (Å²) in [5.74, 6) is 1.54. The fourth-order valence-electron chi connectivity index (χ4n) is 3.34. The number of pyridine rings is 1. The lowest BCUT2D eigenvalue weighted by atomic mass is 10.1. The summed E-state index contributed by atoms with van der Waals surface area (Å²) < 4.78 is 30.6. The van der Waals surface area contributed by atoms with Gasteiger partial charge in [-0.05, 0) is 36.2 Å². The highest BCUT2D eigenvalue weighted by Gasteiger charge is 2.25. The molecule has 1 aromatic carbocycles. The largest absolute Gasteiger partial charge is 0.453 e. The molecule has 0 amide bonds. The minimum atomic E-state index is -0.414. The molecule has 1 aliphatic heterocycles. The first-order valence-corrected chi connectivity index (χ1v) is 10.1. The number of nitrogens with zero attached hydrogens (tertiary/aromatic N) is 3. The number of guanidine groups is 1. The van der Waals surface area contributed by atoms with Gasteiger partial charge in [0, 0.05) is 45.9 Å². The van der Waals surface area contributed by atoms with E-state index in [0.29, 0.717) is 31.4 Å². The van der Waals surface area contributed by atoms with E-state index in [9.17, 15) is 4.39 Å². The average Bonchev–Trinajstić information content (AvgIpc) is 3.23. The molecular formula is C22H29FN4O3. The Bertz CT molecular complexity index is 819. The Kier molecular flexibility index (Phi) is 8.41. The Morgan fingerprint density at radius 2 is 2.23 bits per heavy atom. The van der Waals surface area contributed by atoms with E-state index in [2.05, 4.69) is 20.2 Å². The first-order valence-electron chi connectivity index (χ1n) is 10.1. The standard InChI is InChI=1S/C22H29FN4O3/c1-24-22(27-9-7-18(15-27)16-29-11-10-28-2)26-13-17-5-6-21(20(23)12-17)30-19-4-3-8-25-14-19/h3-6,8,12,14,18H,7,9-11,13,15-16H2,1-2H3,(H,24,26). The van der Waals surface area contributed by atoms with E-state index in [1.807, 2.05) is 6.07 Å². The van der Waals surface area contributed by atoms with Crippen LogP contribution in [0, 0.1) is 11.7 Å². The molecule has 0 saturated carbocycles. The SMILES string of the molecule is CN=C(NCc1ccc(Oc2cccnc2)c(F)c1)N1CCC(COCCOC)C1. The lowest BCUT2D eigenvalue weighted by Crippen LogP contribution is -2.39. The van der Waals surface area contributed by atoms with E-state index in [1.54, 1.807) is 44.8 Å². The van der Waals surface area contributed by atoms with Crippen LogP contribution < -0.4 is 10.1 Å². The number of ether oxygens (including phenoxy) is 3. The van der Waals surface area contributed by atoms with Crippen LogP contribution >= 0.6 is 0 Å². The van der Waals surface area contributed by atoms with Crippen molar-refractivity contribution in [2.24, 2.45) is 10.9 Å². The van der Waals surface area contributed by atoms with Gasteiger partial charge in [-0.2, -0.15) is 0 Å². The molecule has 1 unspecified atom stereocenters. The number of halogens is 1. The van der Waals surface area contributed by atoms with Crippen LogP contribution in [0.25, 0.3) is 0 Å². The zero-order valence-electron chi connectivity index (χ0n) is 17.5. The summed E-state index contributed by atoms with van der Waals surface area (Å²) in [6, 6.07) is 8.42. The number of aromatic nitrogens is 1. The lowest BCUT2D eigenvalue weighted by molar-refractivity contribution is 0.0536. The fraction of sp³-hybridized carbons (Fsp3) is 0.455. The van der Waals surface area contributed by atoms with Crippen molar-refractivity contribution in [3.05, 3.63) is 54.1 Å². The van der Waals surface area contributed by atoms with E-state index < -0.39 is 5.82 Å². The predicted octanol–water partition coefficient (Wildman–Crippen LogP) is 3.07. The molecule has 162 valence electrons. The molecule has 1 saturated heterocycles. The molecule has 2 aromatic rings. The summed E-state index contributed by atoms with van der Waals surface area (Å²) in [5, 5.41) is 3.32. The number of hydrogen-bond donors (Lipinski definition) is 1. The zero-order valence-corrected chi connectivity index (χ0v) is 17.5. The van der Waals surface area contributed by atoms with Gasteiger partial charge < -0.3 is 24.4 Å². The van der Waals surface area contributed by atoms with E-state index in [0.717, 1.165) is 37.6 Å². The third-order valence-electron chi connectivity index (χ3n) is 4.89. The molecule has 8 heteroatoms. The smallest absolute Gasteiger partial charge is 0.193 e. The third-order valence-corrected chi connectivity index (χ3v) is 4.89. The van der Waals surface area contributed by atoms with Crippen LogP contribution in [0.15, 0.2) is 47.7 Å². The van der Waals surface area contributed by atoms with Gasteiger partial charge in [-0.3, -0.25) is 9.98 Å². The van der Waals surface area contributed by atoms with Crippen LogP contribution in [0.5, 0.6) is 11.5 Å². The Hall–Kier alpha value is -2.71. The average molecular weight is 416 g/mol. The van der Waals surface area contributed by atoms with E-state index in [4.69, 9.17) is 14.2 Å². The van der Waals surface area contributed by atoms with Crippen molar-refractivity contribution < 1.29 is 18.6 Å². The van der Waals surface area contributed by atoms with Crippen LogP contribution in [0.1, 0.15) is 12.0 Å². The molecule has 0 bridgehead atoms. The number of hydrogen-bond acceptors (Lipinski definition) is 5. The number of aliphatic imine (C=N–C) groups is 1. The predicted molar refractivity (Wildman–Crippen MR) is 113 cm³/mol. The molecule has 1 aliphatic rings. The Labute approximate surface area is 176 Å². The van der Waals surface area contributed by atoms with Crippen molar-refractivity contribution in [1.29, 1.82) is 0 Å². The number of benzene rings is 1. The van der Waals surface area contributed by atoms with Gasteiger partial charge in [0.05, 0.1) is 26.0 Å². The number of rotatable bonds is 9. The summed E-state index contributed by atoms with van der Waals surface area (Å²) in [5.41, 5.74) is 0.811. The maximum atomic E-state index is 14.4. The van der Waals surface area contributed by atoms with Crippen LogP contribution in [0.2, 0.25) is 0 Å². The highest BCUT2D eigenvalue weighted by Crippen LogP contribution is 2.24. The maximum Gasteiger partial charge on any atom is 0.193 e. The van der Waals surface area contributed by atoms with Gasteiger partial charge in [0.1, 0.15) is 5.75 Å². The molecule has 0 radical (unpaired) electrons. The van der Waals surface area contributed by atoms with Crippen molar-refractivity contribution in [2.45, 2.75) is 13.0 Å². The summed E-state index contributed by atoms with van der Waals surface area (Å²) >= 11 is 0. The number of nitrogens with one attached hydrogen (secondary N) is 1. The molecule has 1 N–H and O–H groups in total. The summed E-state index contributed by atoms with van der Waals surface area (Å²) in [6.07, 6.45) is 4.25. The first-order chi connectivity index (χ1) is 14.7. The third kappa shape index (κ3) is 6.40. The monoisotopic (exact) mass is 416 g/mol. The van der Waals surface area contributed by atoms with Crippen LogP contribution in [0.4, 0.5) is 4.39 Å². The molecule has 0 spiro atoms. The molecule has 2 heterocycles. The van der Waals surface area contributed by atoms with Crippen molar-refractivity contribution in [2.75, 3.05) is 47.1 Å². The minimum absolute atomic E-state index is 0.173. The minimum Gasteiger partial charge on any atom is -0.453 e. The van der Waals surface area contributed by atoms with Crippen molar-refractivity contribution >= 4 is 5.96 Å². The van der Waals surface area contributed by atoms with Crippen LogP contribution in [0.3, 0.4) is 0 Å². The van der Waals surface area contributed by atoms with E-state index in [1.165, 1.54) is 6.07 Å². The lowest BCUT2D eigenvalue weighted by Gasteiger charge is -2.22. The zero-order chi connectivity index (χ0) is 21.2. The summed E-state index contributed by atoms with van der Waals surface area (Å²) in [6.45, 7) is 4.24. The second-order valence-corrected chi connectivity index (χ2v) is 7.12. The van der Waals surface area contributed by atoms with Gasteiger partial charge in [-0.1, -0.05) is 6.07 Å². The molecule has 30 heavy (non-hydrogen) atoms. The topological polar surface area (TPSA) is 68.2 Å².